The molecular formula is C14H19NOS. The van der Waals surface area contributed by atoms with Crippen molar-refractivity contribution in [2.24, 2.45) is 5.41 Å². The first-order valence-electron chi connectivity index (χ1n) is 6.17. The van der Waals surface area contributed by atoms with Gasteiger partial charge in [0.1, 0.15) is 0 Å². The number of amides is 1. The first-order valence-corrected chi connectivity index (χ1v) is 6.62. The summed E-state index contributed by atoms with van der Waals surface area (Å²) in [5.41, 5.74) is 0.957. The van der Waals surface area contributed by atoms with Gasteiger partial charge in [-0.05, 0) is 30.4 Å². The summed E-state index contributed by atoms with van der Waals surface area (Å²) in [7, 11) is 0. The zero-order chi connectivity index (χ0) is 12.3. The lowest BCUT2D eigenvalue weighted by atomic mass is 9.89. The highest BCUT2D eigenvalue weighted by Gasteiger charge is 2.29. The summed E-state index contributed by atoms with van der Waals surface area (Å²) >= 11 is 4.30. The third kappa shape index (κ3) is 3.03. The summed E-state index contributed by atoms with van der Waals surface area (Å²) in [5.74, 6) is -0.0104. The van der Waals surface area contributed by atoms with Crippen molar-refractivity contribution in [1.82, 2.24) is 5.32 Å². The SMILES string of the molecule is CC1(CNC(=O)c2ccccc2S)CCCC1. The monoisotopic (exact) mass is 249 g/mol. The third-order valence-corrected chi connectivity index (χ3v) is 4.03. The predicted molar refractivity (Wildman–Crippen MR) is 72.6 cm³/mol. The summed E-state index contributed by atoms with van der Waals surface area (Å²) in [6.45, 7) is 3.03. The van der Waals surface area contributed by atoms with Crippen molar-refractivity contribution in [1.29, 1.82) is 0 Å². The molecule has 0 heterocycles. The highest BCUT2D eigenvalue weighted by Crippen LogP contribution is 2.36. The molecule has 3 heteroatoms. The number of thiol groups is 1. The van der Waals surface area contributed by atoms with E-state index in [1.807, 2.05) is 24.3 Å². The van der Waals surface area contributed by atoms with E-state index in [0.29, 0.717) is 11.0 Å². The van der Waals surface area contributed by atoms with Crippen LogP contribution in [0.1, 0.15) is 43.0 Å². The molecule has 17 heavy (non-hydrogen) atoms. The molecule has 1 amide bonds. The molecule has 1 fully saturated rings. The second-order valence-corrected chi connectivity index (χ2v) is 5.70. The fourth-order valence-corrected chi connectivity index (χ4v) is 2.72. The van der Waals surface area contributed by atoms with Crippen LogP contribution in [0.2, 0.25) is 0 Å². The molecule has 1 saturated carbocycles. The van der Waals surface area contributed by atoms with Crippen LogP contribution in [0.25, 0.3) is 0 Å². The molecule has 0 saturated heterocycles. The maximum absolute atomic E-state index is 12.0. The lowest BCUT2D eigenvalue weighted by molar-refractivity contribution is 0.0931. The van der Waals surface area contributed by atoms with Crippen molar-refractivity contribution < 1.29 is 4.79 Å². The number of hydrogen-bond acceptors (Lipinski definition) is 2. The van der Waals surface area contributed by atoms with Crippen molar-refractivity contribution in [2.45, 2.75) is 37.5 Å². The second-order valence-electron chi connectivity index (χ2n) is 5.22. The van der Waals surface area contributed by atoms with Gasteiger partial charge in [-0.1, -0.05) is 31.9 Å². The predicted octanol–water partition coefficient (Wildman–Crippen LogP) is 3.29. The van der Waals surface area contributed by atoms with Crippen LogP contribution in [-0.4, -0.2) is 12.5 Å². The molecule has 1 aliphatic rings. The maximum atomic E-state index is 12.0. The van der Waals surface area contributed by atoms with E-state index in [1.165, 1.54) is 25.7 Å². The van der Waals surface area contributed by atoms with Crippen LogP contribution < -0.4 is 5.32 Å². The Morgan fingerprint density at radius 1 is 1.35 bits per heavy atom. The third-order valence-electron chi connectivity index (χ3n) is 3.64. The Bertz CT molecular complexity index is 410. The van der Waals surface area contributed by atoms with Crippen LogP contribution in [0.3, 0.4) is 0 Å². The number of rotatable bonds is 3. The van der Waals surface area contributed by atoms with Gasteiger partial charge >= 0.3 is 0 Å². The molecule has 0 unspecified atom stereocenters. The van der Waals surface area contributed by atoms with E-state index < -0.39 is 0 Å². The normalized spacial score (nSPS) is 18.0. The summed E-state index contributed by atoms with van der Waals surface area (Å²) in [6, 6.07) is 7.41. The minimum absolute atomic E-state index is 0.0104. The van der Waals surface area contributed by atoms with Crippen LogP contribution >= 0.6 is 12.6 Å². The molecule has 0 radical (unpaired) electrons. The molecule has 1 aromatic carbocycles. The molecule has 92 valence electrons. The van der Waals surface area contributed by atoms with Crippen molar-refractivity contribution in [3.8, 4) is 0 Å². The van der Waals surface area contributed by atoms with Crippen LogP contribution in [0, 0.1) is 5.41 Å². The molecule has 2 rings (SSSR count). The number of hydrogen-bond donors (Lipinski definition) is 2. The summed E-state index contributed by atoms with van der Waals surface area (Å²) in [6.07, 6.45) is 5.01. The van der Waals surface area contributed by atoms with Crippen molar-refractivity contribution in [2.75, 3.05) is 6.54 Å². The van der Waals surface area contributed by atoms with E-state index in [0.717, 1.165) is 11.4 Å². The minimum atomic E-state index is -0.0104. The Hall–Kier alpha value is -0.960. The molecule has 1 N–H and O–H groups in total. The molecule has 1 aliphatic carbocycles. The molecule has 2 nitrogen and oxygen atoms in total. The summed E-state index contributed by atoms with van der Waals surface area (Å²) in [5, 5.41) is 3.03. The van der Waals surface area contributed by atoms with Gasteiger partial charge in [0.15, 0.2) is 0 Å². The smallest absolute Gasteiger partial charge is 0.252 e. The molecular weight excluding hydrogens is 230 g/mol. The van der Waals surface area contributed by atoms with Crippen molar-refractivity contribution in [3.05, 3.63) is 29.8 Å². The van der Waals surface area contributed by atoms with E-state index in [-0.39, 0.29) is 5.91 Å². The average Bonchev–Trinajstić information content (AvgIpc) is 2.74. The maximum Gasteiger partial charge on any atom is 0.252 e. The molecule has 0 atom stereocenters. The second kappa shape index (κ2) is 5.13. The fraction of sp³-hybridized carbons (Fsp3) is 0.500. The van der Waals surface area contributed by atoms with Gasteiger partial charge in [0.2, 0.25) is 0 Å². The quantitative estimate of drug-likeness (QED) is 0.791. The Kier molecular flexibility index (Phi) is 3.77. The van der Waals surface area contributed by atoms with Gasteiger partial charge in [-0.2, -0.15) is 0 Å². The largest absolute Gasteiger partial charge is 0.351 e. The van der Waals surface area contributed by atoms with E-state index in [1.54, 1.807) is 0 Å². The molecule has 1 aromatic rings. The van der Waals surface area contributed by atoms with Crippen LogP contribution in [0.15, 0.2) is 29.2 Å². The Labute approximate surface area is 108 Å². The number of nitrogens with one attached hydrogen (secondary N) is 1. The van der Waals surface area contributed by atoms with Gasteiger partial charge in [0.05, 0.1) is 5.56 Å². The Balaban J connectivity index is 1.96. The first-order chi connectivity index (χ1) is 8.11. The van der Waals surface area contributed by atoms with Crippen LogP contribution in [0.4, 0.5) is 0 Å². The Morgan fingerprint density at radius 2 is 2.00 bits per heavy atom. The highest BCUT2D eigenvalue weighted by molar-refractivity contribution is 7.80. The average molecular weight is 249 g/mol. The molecule has 0 bridgehead atoms. The van der Waals surface area contributed by atoms with E-state index >= 15 is 0 Å². The summed E-state index contributed by atoms with van der Waals surface area (Å²) < 4.78 is 0. The molecule has 0 aromatic heterocycles. The number of benzene rings is 1. The zero-order valence-corrected chi connectivity index (χ0v) is 11.1. The van der Waals surface area contributed by atoms with Gasteiger partial charge < -0.3 is 5.32 Å². The van der Waals surface area contributed by atoms with E-state index in [2.05, 4.69) is 24.9 Å². The van der Waals surface area contributed by atoms with Gasteiger partial charge in [-0.25, -0.2) is 0 Å². The minimum Gasteiger partial charge on any atom is -0.351 e. The van der Waals surface area contributed by atoms with Crippen LogP contribution in [-0.2, 0) is 0 Å². The standard InChI is InChI=1S/C14H19NOS/c1-14(8-4-5-9-14)10-15-13(16)11-6-2-3-7-12(11)17/h2-3,6-7,17H,4-5,8-10H2,1H3,(H,15,16). The number of carbonyl (C=O) groups is 1. The van der Waals surface area contributed by atoms with Crippen molar-refractivity contribution in [3.63, 3.8) is 0 Å². The van der Waals surface area contributed by atoms with Crippen LogP contribution in [0.5, 0.6) is 0 Å². The van der Waals surface area contributed by atoms with Gasteiger partial charge in [-0.3, -0.25) is 4.79 Å². The number of carbonyl (C=O) groups excluding carboxylic acids is 1. The van der Waals surface area contributed by atoms with E-state index in [4.69, 9.17) is 0 Å². The fourth-order valence-electron chi connectivity index (χ4n) is 2.46. The molecule has 0 spiro atoms. The Morgan fingerprint density at radius 3 is 2.65 bits per heavy atom. The van der Waals surface area contributed by atoms with Gasteiger partial charge in [0, 0.05) is 11.4 Å². The van der Waals surface area contributed by atoms with Gasteiger partial charge in [-0.15, -0.1) is 12.6 Å². The van der Waals surface area contributed by atoms with Crippen molar-refractivity contribution >= 4 is 18.5 Å². The topological polar surface area (TPSA) is 29.1 Å². The first kappa shape index (κ1) is 12.5. The molecule has 0 aliphatic heterocycles. The van der Waals surface area contributed by atoms with E-state index in [9.17, 15) is 4.79 Å². The lowest BCUT2D eigenvalue weighted by Gasteiger charge is -2.23. The highest BCUT2D eigenvalue weighted by atomic mass is 32.1. The summed E-state index contributed by atoms with van der Waals surface area (Å²) in [4.78, 5) is 12.7. The lowest BCUT2D eigenvalue weighted by Crippen LogP contribution is -2.34. The van der Waals surface area contributed by atoms with Gasteiger partial charge in [0.25, 0.3) is 5.91 Å². The zero-order valence-electron chi connectivity index (χ0n) is 10.2.